The molecule has 1 aliphatic rings. The maximum Gasteiger partial charge on any atom is 0.335 e. The molecule has 136 valence electrons. The van der Waals surface area contributed by atoms with Crippen LogP contribution in [-0.2, 0) is 5.54 Å². The van der Waals surface area contributed by atoms with Gasteiger partial charge in [-0.25, -0.2) is 9.78 Å². The van der Waals surface area contributed by atoms with Gasteiger partial charge < -0.3 is 14.8 Å². The molecule has 0 amide bonds. The normalized spacial score (nSPS) is 14.9. The minimum atomic E-state index is -0.971. The number of hydrogen-bond donors (Lipinski definition) is 2. The Morgan fingerprint density at radius 3 is 2.63 bits per heavy atom. The summed E-state index contributed by atoms with van der Waals surface area (Å²) in [6, 6.07) is 12.1. The van der Waals surface area contributed by atoms with Gasteiger partial charge in [-0.15, -0.1) is 0 Å². The average molecular weight is 382 g/mol. The standard InChI is InChI=1S/C20H16ClN3O3/c1-20(2)13-4-3-5-14(21)16(13)23-17(24-20)18-22-15(10-27-18)11-6-8-12(9-7-11)19(25)26/h3-10H,1-2H3,(H,23,24)(H,25,26). The summed E-state index contributed by atoms with van der Waals surface area (Å²) in [4.78, 5) is 20.2. The van der Waals surface area contributed by atoms with E-state index < -0.39 is 11.5 Å². The van der Waals surface area contributed by atoms with Crippen LogP contribution >= 0.6 is 11.6 Å². The fourth-order valence-electron chi connectivity index (χ4n) is 3.05. The van der Waals surface area contributed by atoms with Gasteiger partial charge in [0.25, 0.3) is 5.89 Å². The van der Waals surface area contributed by atoms with Gasteiger partial charge in [-0.2, -0.15) is 0 Å². The lowest BCUT2D eigenvalue weighted by Gasteiger charge is -2.30. The number of carboxylic acids is 1. The topological polar surface area (TPSA) is 87.7 Å². The number of aromatic carboxylic acids is 1. The lowest BCUT2D eigenvalue weighted by Crippen LogP contribution is -2.29. The number of halogens is 1. The monoisotopic (exact) mass is 381 g/mol. The van der Waals surface area contributed by atoms with Gasteiger partial charge in [0, 0.05) is 11.1 Å². The van der Waals surface area contributed by atoms with Gasteiger partial charge in [0.15, 0.2) is 5.84 Å². The van der Waals surface area contributed by atoms with Crippen molar-refractivity contribution in [1.29, 1.82) is 0 Å². The highest BCUT2D eigenvalue weighted by Crippen LogP contribution is 2.39. The zero-order valence-corrected chi connectivity index (χ0v) is 15.4. The Labute approximate surface area is 160 Å². The highest BCUT2D eigenvalue weighted by atomic mass is 35.5. The molecule has 1 aromatic heterocycles. The van der Waals surface area contributed by atoms with E-state index >= 15 is 0 Å². The molecular formula is C20H16ClN3O3. The van der Waals surface area contributed by atoms with E-state index in [0.29, 0.717) is 22.4 Å². The fourth-order valence-corrected chi connectivity index (χ4v) is 3.27. The van der Waals surface area contributed by atoms with Crippen molar-refractivity contribution in [2.75, 3.05) is 5.32 Å². The first-order valence-corrected chi connectivity index (χ1v) is 8.68. The van der Waals surface area contributed by atoms with Crippen LogP contribution in [0.5, 0.6) is 0 Å². The van der Waals surface area contributed by atoms with Crippen LogP contribution in [0, 0.1) is 0 Å². The van der Waals surface area contributed by atoms with E-state index in [4.69, 9.17) is 26.1 Å². The van der Waals surface area contributed by atoms with E-state index in [1.165, 1.54) is 18.4 Å². The zero-order chi connectivity index (χ0) is 19.2. The number of benzene rings is 2. The lowest BCUT2D eigenvalue weighted by atomic mass is 9.91. The maximum atomic E-state index is 11.0. The minimum Gasteiger partial charge on any atom is -0.478 e. The molecule has 2 N–H and O–H groups in total. The first-order valence-electron chi connectivity index (χ1n) is 8.31. The molecule has 0 bridgehead atoms. The first kappa shape index (κ1) is 17.3. The number of oxazole rings is 1. The van der Waals surface area contributed by atoms with E-state index in [0.717, 1.165) is 16.8 Å². The van der Waals surface area contributed by atoms with Crippen LogP contribution in [0.3, 0.4) is 0 Å². The quantitative estimate of drug-likeness (QED) is 0.680. The molecular weight excluding hydrogens is 366 g/mol. The Balaban J connectivity index is 1.68. The lowest BCUT2D eigenvalue weighted by molar-refractivity contribution is 0.0697. The number of carbonyl (C=O) groups is 1. The van der Waals surface area contributed by atoms with Crippen molar-refractivity contribution in [3.8, 4) is 11.3 Å². The SMILES string of the molecule is CC1(C)N=C(c2nc(-c3ccc(C(=O)O)cc3)co2)Nc2c(Cl)cccc21. The highest BCUT2D eigenvalue weighted by Gasteiger charge is 2.31. The van der Waals surface area contributed by atoms with Gasteiger partial charge in [0.1, 0.15) is 12.0 Å². The number of amidine groups is 1. The fraction of sp³-hybridized carbons (Fsp3) is 0.150. The summed E-state index contributed by atoms with van der Waals surface area (Å²) in [6.45, 7) is 3.99. The molecule has 7 heteroatoms. The summed E-state index contributed by atoms with van der Waals surface area (Å²) in [7, 11) is 0. The Bertz CT molecular complexity index is 1070. The summed E-state index contributed by atoms with van der Waals surface area (Å²) in [6.07, 6.45) is 1.52. The maximum absolute atomic E-state index is 11.0. The Hall–Kier alpha value is -3.12. The van der Waals surface area contributed by atoms with Gasteiger partial charge in [-0.3, -0.25) is 4.99 Å². The molecule has 27 heavy (non-hydrogen) atoms. The number of fused-ring (bicyclic) bond motifs is 1. The molecule has 0 radical (unpaired) electrons. The largest absolute Gasteiger partial charge is 0.478 e. The molecule has 1 aliphatic heterocycles. The second-order valence-corrected chi connectivity index (χ2v) is 7.13. The van der Waals surface area contributed by atoms with Gasteiger partial charge >= 0.3 is 5.97 Å². The predicted octanol–water partition coefficient (Wildman–Crippen LogP) is 4.80. The van der Waals surface area contributed by atoms with Crippen molar-refractivity contribution in [3.05, 3.63) is 70.8 Å². The second kappa shape index (κ2) is 6.25. The molecule has 4 rings (SSSR count). The number of hydrogen-bond acceptors (Lipinski definition) is 5. The number of nitrogens with zero attached hydrogens (tertiary/aromatic N) is 2. The molecule has 6 nitrogen and oxygen atoms in total. The van der Waals surface area contributed by atoms with Crippen LogP contribution in [-0.4, -0.2) is 21.9 Å². The Kier molecular flexibility index (Phi) is 4.00. The summed E-state index contributed by atoms with van der Waals surface area (Å²) < 4.78 is 5.62. The molecule has 0 fully saturated rings. The summed E-state index contributed by atoms with van der Waals surface area (Å²) in [5.41, 5.74) is 2.86. The number of aliphatic imine (C=N–C) groups is 1. The van der Waals surface area contributed by atoms with Crippen molar-refractivity contribution >= 4 is 29.1 Å². The van der Waals surface area contributed by atoms with Crippen molar-refractivity contribution in [3.63, 3.8) is 0 Å². The van der Waals surface area contributed by atoms with Crippen LogP contribution in [0.15, 0.2) is 58.1 Å². The van der Waals surface area contributed by atoms with Crippen LogP contribution in [0.4, 0.5) is 5.69 Å². The molecule has 0 aliphatic carbocycles. The molecule has 0 saturated heterocycles. The smallest absolute Gasteiger partial charge is 0.335 e. The average Bonchev–Trinajstić information content (AvgIpc) is 3.12. The van der Waals surface area contributed by atoms with E-state index in [2.05, 4.69) is 10.3 Å². The molecule has 2 heterocycles. The number of aromatic nitrogens is 1. The van der Waals surface area contributed by atoms with Gasteiger partial charge in [-0.05, 0) is 32.0 Å². The molecule has 0 atom stereocenters. The number of rotatable bonds is 3. The predicted molar refractivity (Wildman–Crippen MR) is 104 cm³/mol. The van der Waals surface area contributed by atoms with Gasteiger partial charge in [0.2, 0.25) is 0 Å². The Morgan fingerprint density at radius 2 is 1.93 bits per heavy atom. The van der Waals surface area contributed by atoms with Crippen LogP contribution in [0.1, 0.15) is 35.7 Å². The van der Waals surface area contributed by atoms with Crippen molar-refractivity contribution in [1.82, 2.24) is 4.98 Å². The number of para-hydroxylation sites is 1. The number of anilines is 1. The Morgan fingerprint density at radius 1 is 1.19 bits per heavy atom. The summed E-state index contributed by atoms with van der Waals surface area (Å²) >= 11 is 6.35. The van der Waals surface area contributed by atoms with E-state index in [-0.39, 0.29) is 5.56 Å². The molecule has 2 aromatic carbocycles. The van der Waals surface area contributed by atoms with Crippen LogP contribution in [0.2, 0.25) is 5.02 Å². The second-order valence-electron chi connectivity index (χ2n) is 6.73. The van der Waals surface area contributed by atoms with Crippen molar-refractivity contribution < 1.29 is 14.3 Å². The van der Waals surface area contributed by atoms with E-state index in [1.807, 2.05) is 32.0 Å². The van der Waals surface area contributed by atoms with E-state index in [9.17, 15) is 4.79 Å². The van der Waals surface area contributed by atoms with E-state index in [1.54, 1.807) is 12.1 Å². The molecule has 0 saturated carbocycles. The molecule has 0 spiro atoms. The number of nitrogens with one attached hydrogen (secondary N) is 1. The third-order valence-electron chi connectivity index (χ3n) is 4.44. The summed E-state index contributed by atoms with van der Waals surface area (Å²) in [5.74, 6) is -0.138. The van der Waals surface area contributed by atoms with Gasteiger partial charge in [-0.1, -0.05) is 35.9 Å². The molecule has 0 unspecified atom stereocenters. The van der Waals surface area contributed by atoms with Crippen LogP contribution in [0.25, 0.3) is 11.3 Å². The van der Waals surface area contributed by atoms with Crippen LogP contribution < -0.4 is 5.32 Å². The molecule has 3 aromatic rings. The number of carboxylic acid groups (broad SMARTS) is 1. The van der Waals surface area contributed by atoms with Crippen molar-refractivity contribution in [2.24, 2.45) is 4.99 Å². The highest BCUT2D eigenvalue weighted by molar-refractivity contribution is 6.34. The first-order chi connectivity index (χ1) is 12.8. The zero-order valence-electron chi connectivity index (χ0n) is 14.7. The third kappa shape index (κ3) is 3.08. The van der Waals surface area contributed by atoms with Gasteiger partial charge in [0.05, 0.1) is 21.8 Å². The third-order valence-corrected chi connectivity index (χ3v) is 4.76. The summed E-state index contributed by atoms with van der Waals surface area (Å²) in [5, 5.41) is 12.8. The minimum absolute atomic E-state index is 0.216. The van der Waals surface area contributed by atoms with Crippen molar-refractivity contribution in [2.45, 2.75) is 19.4 Å².